The van der Waals surface area contributed by atoms with Crippen LogP contribution < -0.4 is 5.32 Å². The van der Waals surface area contributed by atoms with E-state index in [1.54, 1.807) is 5.38 Å². The second kappa shape index (κ2) is 13.7. The van der Waals surface area contributed by atoms with Crippen LogP contribution in [0.4, 0.5) is 10.1 Å². The summed E-state index contributed by atoms with van der Waals surface area (Å²) in [6.45, 7) is 5.17. The molecular formula is C34H39ClFN3O5S. The van der Waals surface area contributed by atoms with E-state index >= 15 is 4.39 Å². The maximum Gasteiger partial charge on any atom is 0.306 e. The van der Waals surface area contributed by atoms with Gasteiger partial charge in [-0.25, -0.2) is 4.39 Å². The zero-order valence-corrected chi connectivity index (χ0v) is 26.9. The number of ether oxygens (including phenoxy) is 1. The maximum atomic E-state index is 15.4. The van der Waals surface area contributed by atoms with E-state index in [1.165, 1.54) is 23.5 Å². The number of hydrogen-bond acceptors (Lipinski definition) is 6. The lowest BCUT2D eigenvalue weighted by Crippen LogP contribution is -2.41. The first-order valence-corrected chi connectivity index (χ1v) is 17.1. The number of carboxylic acid groups (broad SMARTS) is 1. The number of benzene rings is 2. The Hall–Kier alpha value is -3.05. The van der Waals surface area contributed by atoms with Crippen molar-refractivity contribution in [3.05, 3.63) is 63.7 Å². The first-order chi connectivity index (χ1) is 21.7. The second-order valence-corrected chi connectivity index (χ2v) is 14.1. The quantitative estimate of drug-likeness (QED) is 0.275. The summed E-state index contributed by atoms with van der Waals surface area (Å²) in [5.74, 6) is -1.62. The third kappa shape index (κ3) is 7.19. The van der Waals surface area contributed by atoms with Crippen LogP contribution in [0.2, 0.25) is 5.02 Å². The molecule has 1 aliphatic carbocycles. The first-order valence-electron chi connectivity index (χ1n) is 15.8. The van der Waals surface area contributed by atoms with Crippen molar-refractivity contribution in [3.63, 3.8) is 0 Å². The number of anilines is 1. The van der Waals surface area contributed by atoms with Crippen LogP contribution in [-0.4, -0.2) is 77.1 Å². The summed E-state index contributed by atoms with van der Waals surface area (Å²) in [5.41, 5.74) is 0.818. The van der Waals surface area contributed by atoms with E-state index in [2.05, 4.69) is 17.1 Å². The third-order valence-corrected chi connectivity index (χ3v) is 11.0. The van der Waals surface area contributed by atoms with Crippen molar-refractivity contribution in [1.29, 1.82) is 0 Å². The number of fused-ring (bicyclic) bond motifs is 1. The van der Waals surface area contributed by atoms with Crippen LogP contribution in [0.5, 0.6) is 0 Å². The van der Waals surface area contributed by atoms with Crippen LogP contribution in [-0.2, 0) is 20.7 Å². The summed E-state index contributed by atoms with van der Waals surface area (Å²) in [7, 11) is 0. The molecule has 2 aliphatic heterocycles. The summed E-state index contributed by atoms with van der Waals surface area (Å²) in [5, 5.41) is 14.8. The number of hydrogen-bond donors (Lipinski definition) is 2. The molecule has 0 bridgehead atoms. The van der Waals surface area contributed by atoms with Gasteiger partial charge in [0.05, 0.1) is 47.4 Å². The van der Waals surface area contributed by atoms with Crippen molar-refractivity contribution in [2.24, 2.45) is 11.8 Å². The van der Waals surface area contributed by atoms with E-state index in [0.717, 1.165) is 36.0 Å². The Labute approximate surface area is 271 Å². The standard InChI is InChI=1S/C34H39ClFN3O5S/c1-20-10-11-38(16-20)23-14-24(18-44-25-8-6-21(7-9-25)34(42)43)39(17-23)32(40)13-22-12-28(35)30(15-29(22)36)37-33(41)27-19-45-31-5-3-2-4-26(27)31/h2-5,12,15,19-21,23-25H,6-11,13-14,16-18H2,1H3,(H,37,41)(H,42,43)/t20-,21?,23+,24+,25?/m1/s1. The lowest BCUT2D eigenvalue weighted by Gasteiger charge is -2.30. The molecule has 0 radical (unpaired) electrons. The van der Waals surface area contributed by atoms with Crippen LogP contribution in [0.3, 0.4) is 0 Å². The van der Waals surface area contributed by atoms with Gasteiger partial charge in [0.15, 0.2) is 0 Å². The number of nitrogens with zero attached hydrogens (tertiary/aromatic N) is 2. The molecule has 2 N–H and O–H groups in total. The number of carbonyl (C=O) groups is 3. The van der Waals surface area contributed by atoms with E-state index in [9.17, 15) is 19.5 Å². The van der Waals surface area contributed by atoms with Gasteiger partial charge in [0.1, 0.15) is 5.82 Å². The molecule has 3 atom stereocenters. The molecule has 3 aliphatic rings. The topological polar surface area (TPSA) is 99.2 Å². The van der Waals surface area contributed by atoms with Gasteiger partial charge in [-0.05, 0) is 74.8 Å². The average molecular weight is 656 g/mol. The van der Waals surface area contributed by atoms with E-state index in [-0.39, 0.29) is 58.6 Å². The van der Waals surface area contributed by atoms with Crippen molar-refractivity contribution in [2.45, 2.75) is 70.1 Å². The number of rotatable bonds is 9. The molecule has 1 saturated carbocycles. The highest BCUT2D eigenvalue weighted by atomic mass is 35.5. The molecular weight excluding hydrogens is 617 g/mol. The fourth-order valence-corrected chi connectivity index (χ4v) is 8.25. The Kier molecular flexibility index (Phi) is 9.75. The lowest BCUT2D eigenvalue weighted by molar-refractivity contribution is -0.144. The Morgan fingerprint density at radius 3 is 2.62 bits per heavy atom. The van der Waals surface area contributed by atoms with Crippen molar-refractivity contribution in [1.82, 2.24) is 9.80 Å². The number of amides is 2. The Bertz CT molecular complexity index is 1570. The molecule has 6 rings (SSSR count). The van der Waals surface area contributed by atoms with Gasteiger partial charge >= 0.3 is 5.97 Å². The molecule has 0 spiro atoms. The highest BCUT2D eigenvalue weighted by molar-refractivity contribution is 7.17. The predicted octanol–water partition coefficient (Wildman–Crippen LogP) is 6.46. The minimum atomic E-state index is -0.748. The molecule has 45 heavy (non-hydrogen) atoms. The van der Waals surface area contributed by atoms with Gasteiger partial charge in [0.25, 0.3) is 5.91 Å². The van der Waals surface area contributed by atoms with Gasteiger partial charge in [-0.3, -0.25) is 19.3 Å². The van der Waals surface area contributed by atoms with E-state index < -0.39 is 11.8 Å². The number of likely N-dealkylation sites (tertiary alicyclic amines) is 2. The van der Waals surface area contributed by atoms with Gasteiger partial charge in [0.2, 0.25) is 5.91 Å². The molecule has 8 nitrogen and oxygen atoms in total. The van der Waals surface area contributed by atoms with E-state index in [4.69, 9.17) is 16.3 Å². The van der Waals surface area contributed by atoms with Crippen LogP contribution in [0, 0.1) is 17.7 Å². The largest absolute Gasteiger partial charge is 0.481 e. The van der Waals surface area contributed by atoms with Crippen LogP contribution in [0.1, 0.15) is 61.4 Å². The fraction of sp³-hybridized carbons (Fsp3) is 0.500. The van der Waals surface area contributed by atoms with Crippen molar-refractivity contribution >= 4 is 56.5 Å². The predicted molar refractivity (Wildman–Crippen MR) is 173 cm³/mol. The number of thiophene rings is 1. The molecule has 11 heteroatoms. The van der Waals surface area contributed by atoms with Gasteiger partial charge < -0.3 is 20.1 Å². The van der Waals surface area contributed by atoms with Gasteiger partial charge in [-0.1, -0.05) is 36.7 Å². The minimum absolute atomic E-state index is 0.0190. The van der Waals surface area contributed by atoms with Crippen molar-refractivity contribution in [3.8, 4) is 0 Å². The molecule has 0 unspecified atom stereocenters. The monoisotopic (exact) mass is 655 g/mol. The minimum Gasteiger partial charge on any atom is -0.481 e. The zero-order chi connectivity index (χ0) is 31.7. The van der Waals surface area contributed by atoms with E-state index in [0.29, 0.717) is 50.3 Å². The van der Waals surface area contributed by atoms with Gasteiger partial charge in [0, 0.05) is 34.6 Å². The van der Waals surface area contributed by atoms with Gasteiger partial charge in [-0.2, -0.15) is 0 Å². The third-order valence-electron chi connectivity index (χ3n) is 9.68. The number of carbonyl (C=O) groups excluding carboxylic acids is 2. The number of nitrogens with one attached hydrogen (secondary N) is 1. The smallest absolute Gasteiger partial charge is 0.306 e. The van der Waals surface area contributed by atoms with E-state index in [1.807, 2.05) is 29.2 Å². The summed E-state index contributed by atoms with van der Waals surface area (Å²) >= 11 is 7.98. The molecule has 2 saturated heterocycles. The highest BCUT2D eigenvalue weighted by Gasteiger charge is 2.40. The van der Waals surface area contributed by atoms with Crippen molar-refractivity contribution in [2.75, 3.05) is 31.6 Å². The Morgan fingerprint density at radius 1 is 1.11 bits per heavy atom. The summed E-state index contributed by atoms with van der Waals surface area (Å²) in [6, 6.07) is 10.3. The summed E-state index contributed by atoms with van der Waals surface area (Å²) in [4.78, 5) is 42.4. The van der Waals surface area contributed by atoms with Gasteiger partial charge in [-0.15, -0.1) is 11.3 Å². The first kappa shape index (κ1) is 31.9. The maximum absolute atomic E-state index is 15.4. The van der Waals surface area contributed by atoms with Crippen LogP contribution in [0.25, 0.3) is 10.1 Å². The number of halogens is 2. The Morgan fingerprint density at radius 2 is 1.89 bits per heavy atom. The molecule has 3 aromatic rings. The molecule has 1 aromatic heterocycles. The highest BCUT2D eigenvalue weighted by Crippen LogP contribution is 2.33. The van der Waals surface area contributed by atoms with Crippen molar-refractivity contribution < 1.29 is 28.6 Å². The fourth-order valence-electron chi connectivity index (χ4n) is 7.07. The summed E-state index contributed by atoms with van der Waals surface area (Å²) < 4.78 is 22.7. The normalized spacial score (nSPS) is 25.6. The molecule has 2 amide bonds. The zero-order valence-electron chi connectivity index (χ0n) is 25.3. The molecule has 240 valence electrons. The molecule has 3 heterocycles. The molecule has 2 aromatic carbocycles. The lowest BCUT2D eigenvalue weighted by atomic mass is 9.87. The average Bonchev–Trinajstić information content (AvgIpc) is 3.77. The number of carboxylic acids is 1. The Balaban J connectivity index is 1.12. The SMILES string of the molecule is C[C@@H]1CCN([C@H]2C[C@@H](COC3CCC(C(=O)O)CC3)N(C(=O)Cc3cc(Cl)c(NC(=O)c4csc5ccccc45)cc3F)C2)C1. The number of aliphatic carboxylic acids is 1. The van der Waals surface area contributed by atoms with Crippen LogP contribution >= 0.6 is 22.9 Å². The molecule has 3 fully saturated rings. The second-order valence-electron chi connectivity index (χ2n) is 12.8. The summed E-state index contributed by atoms with van der Waals surface area (Å²) in [6.07, 6.45) is 4.33. The van der Waals surface area contributed by atoms with Crippen LogP contribution in [0.15, 0.2) is 41.8 Å².